The molecule has 0 bridgehead atoms. The summed E-state index contributed by atoms with van der Waals surface area (Å²) in [6.45, 7) is 3.78. The number of hydrogen-bond donors (Lipinski definition) is 1. The zero-order valence-electron chi connectivity index (χ0n) is 20.6. The van der Waals surface area contributed by atoms with Crippen molar-refractivity contribution in [1.29, 1.82) is 0 Å². The van der Waals surface area contributed by atoms with E-state index in [1.165, 1.54) is 23.9 Å². The molecule has 0 unspecified atom stereocenters. The first-order valence-electron chi connectivity index (χ1n) is 12.3. The molecule has 194 valence electrons. The monoisotopic (exact) mass is 526 g/mol. The van der Waals surface area contributed by atoms with E-state index in [-0.39, 0.29) is 11.0 Å². The van der Waals surface area contributed by atoms with Crippen LogP contribution in [0.5, 0.6) is 0 Å². The molecular weight excluding hydrogens is 497 g/mol. The molecule has 1 amide bonds. The van der Waals surface area contributed by atoms with Gasteiger partial charge in [0.05, 0.1) is 5.56 Å². The van der Waals surface area contributed by atoms with E-state index in [1.54, 1.807) is 24.3 Å². The number of anilines is 2. The first-order chi connectivity index (χ1) is 17.7. The number of nitrogens with one attached hydrogen (secondary N) is 1. The number of hydrogen-bond acceptors (Lipinski definition) is 4. The third-order valence-electron chi connectivity index (χ3n) is 6.56. The number of amides is 1. The molecule has 0 aromatic heterocycles. The molecule has 1 heterocycles. The maximum Gasteiger partial charge on any atom is 0.416 e. The van der Waals surface area contributed by atoms with Crippen molar-refractivity contribution in [3.63, 3.8) is 0 Å². The smallest absolute Gasteiger partial charge is 0.372 e. The predicted octanol–water partition coefficient (Wildman–Crippen LogP) is 7.51. The van der Waals surface area contributed by atoms with Gasteiger partial charge in [-0.25, -0.2) is 0 Å². The van der Waals surface area contributed by atoms with Crippen LogP contribution in [0, 0.1) is 5.92 Å². The van der Waals surface area contributed by atoms with Gasteiger partial charge in [-0.05, 0) is 78.1 Å². The quantitative estimate of drug-likeness (QED) is 0.346. The summed E-state index contributed by atoms with van der Waals surface area (Å²) in [5.74, 6) is 0.922. The standard InChI is InChI=1S/C29H29F3N2O2S/c1-2-37-27(35)19-20-15-17-34(18-16-20)24-13-11-23(12-14-24)33-28(36)26-6-4-3-5-25(26)21-7-9-22(10-8-21)29(30,31)32/h3-14,20H,2,15-19H2,1H3,(H,33,36). The molecule has 0 aliphatic carbocycles. The number of carbonyl (C=O) groups is 2. The molecule has 4 rings (SSSR count). The van der Waals surface area contributed by atoms with E-state index in [0.717, 1.165) is 49.5 Å². The van der Waals surface area contributed by atoms with E-state index in [1.807, 2.05) is 31.2 Å². The van der Waals surface area contributed by atoms with Crippen LogP contribution in [0.1, 0.15) is 42.1 Å². The molecule has 1 aliphatic heterocycles. The summed E-state index contributed by atoms with van der Waals surface area (Å²) in [5.41, 5.74) is 2.44. The fourth-order valence-electron chi connectivity index (χ4n) is 4.58. The average molecular weight is 527 g/mol. The van der Waals surface area contributed by atoms with E-state index in [4.69, 9.17) is 0 Å². The summed E-state index contributed by atoms with van der Waals surface area (Å²) in [7, 11) is 0. The maximum atomic E-state index is 13.1. The number of nitrogens with zero attached hydrogens (tertiary/aromatic N) is 1. The molecule has 0 spiro atoms. The van der Waals surface area contributed by atoms with Crippen molar-refractivity contribution in [2.24, 2.45) is 5.92 Å². The van der Waals surface area contributed by atoms with Gasteiger partial charge in [0, 0.05) is 36.4 Å². The molecule has 1 fully saturated rings. The molecule has 8 heteroatoms. The van der Waals surface area contributed by atoms with Gasteiger partial charge in [0.2, 0.25) is 0 Å². The molecule has 1 saturated heterocycles. The summed E-state index contributed by atoms with van der Waals surface area (Å²) in [6.07, 6.45) is -1.81. The normalized spacial score (nSPS) is 14.4. The van der Waals surface area contributed by atoms with Crippen LogP contribution in [0.25, 0.3) is 11.1 Å². The van der Waals surface area contributed by atoms with Crippen LogP contribution in [0.4, 0.5) is 24.5 Å². The van der Waals surface area contributed by atoms with Gasteiger partial charge in [-0.2, -0.15) is 13.2 Å². The average Bonchev–Trinajstić information content (AvgIpc) is 2.89. The lowest BCUT2D eigenvalue weighted by molar-refractivity contribution is -0.137. The van der Waals surface area contributed by atoms with E-state index >= 15 is 0 Å². The minimum Gasteiger partial charge on any atom is -0.372 e. The topological polar surface area (TPSA) is 49.4 Å². The second-order valence-electron chi connectivity index (χ2n) is 9.06. The summed E-state index contributed by atoms with van der Waals surface area (Å²) in [5, 5.41) is 3.18. The second-order valence-corrected chi connectivity index (χ2v) is 10.4. The van der Waals surface area contributed by atoms with E-state index in [2.05, 4.69) is 10.2 Å². The Morgan fingerprint density at radius 2 is 1.59 bits per heavy atom. The van der Waals surface area contributed by atoms with Gasteiger partial charge in [0.1, 0.15) is 0 Å². The van der Waals surface area contributed by atoms with Crippen LogP contribution in [-0.4, -0.2) is 29.9 Å². The lowest BCUT2D eigenvalue weighted by atomic mass is 9.94. The molecule has 1 N–H and O–H groups in total. The summed E-state index contributed by atoms with van der Waals surface area (Å²) in [6, 6.07) is 19.3. The molecular formula is C29H29F3N2O2S. The van der Waals surface area contributed by atoms with Crippen molar-refractivity contribution in [2.75, 3.05) is 29.1 Å². The Morgan fingerprint density at radius 1 is 0.946 bits per heavy atom. The van der Waals surface area contributed by atoms with Crippen LogP contribution in [0.2, 0.25) is 0 Å². The first-order valence-corrected chi connectivity index (χ1v) is 13.3. The Labute approximate surface area is 219 Å². The number of piperidine rings is 1. The van der Waals surface area contributed by atoms with Crippen molar-refractivity contribution in [3.8, 4) is 11.1 Å². The third-order valence-corrected chi connectivity index (χ3v) is 7.34. The maximum absolute atomic E-state index is 13.1. The predicted molar refractivity (Wildman–Crippen MR) is 144 cm³/mol. The number of benzene rings is 3. The van der Waals surface area contributed by atoms with Crippen molar-refractivity contribution in [2.45, 2.75) is 32.4 Å². The third kappa shape index (κ3) is 6.95. The number of rotatable bonds is 7. The highest BCUT2D eigenvalue weighted by molar-refractivity contribution is 8.13. The fraction of sp³-hybridized carbons (Fsp3) is 0.310. The van der Waals surface area contributed by atoms with Crippen molar-refractivity contribution >= 4 is 34.2 Å². The van der Waals surface area contributed by atoms with Gasteiger partial charge < -0.3 is 10.2 Å². The van der Waals surface area contributed by atoms with Gasteiger partial charge >= 0.3 is 6.18 Å². The van der Waals surface area contributed by atoms with Gasteiger partial charge in [0.15, 0.2) is 5.12 Å². The number of halogens is 3. The Kier molecular flexibility index (Phi) is 8.59. The van der Waals surface area contributed by atoms with Gasteiger partial charge in [-0.1, -0.05) is 49.0 Å². The zero-order chi connectivity index (χ0) is 26.4. The molecule has 0 radical (unpaired) electrons. The van der Waals surface area contributed by atoms with E-state index < -0.39 is 11.7 Å². The lowest BCUT2D eigenvalue weighted by Crippen LogP contribution is -2.34. The van der Waals surface area contributed by atoms with Gasteiger partial charge in [-0.15, -0.1) is 0 Å². The Balaban J connectivity index is 1.39. The van der Waals surface area contributed by atoms with E-state index in [0.29, 0.717) is 34.7 Å². The number of alkyl halides is 3. The molecule has 0 saturated carbocycles. The molecule has 1 aliphatic rings. The molecule has 3 aromatic rings. The van der Waals surface area contributed by atoms with Crippen LogP contribution in [-0.2, 0) is 11.0 Å². The number of carbonyl (C=O) groups excluding carboxylic acids is 2. The highest BCUT2D eigenvalue weighted by Gasteiger charge is 2.30. The van der Waals surface area contributed by atoms with Crippen molar-refractivity contribution in [3.05, 3.63) is 83.9 Å². The van der Waals surface area contributed by atoms with Crippen LogP contribution in [0.15, 0.2) is 72.8 Å². The summed E-state index contributed by atoms with van der Waals surface area (Å²) in [4.78, 5) is 27.3. The molecule has 37 heavy (non-hydrogen) atoms. The minimum atomic E-state index is -4.41. The van der Waals surface area contributed by atoms with Crippen molar-refractivity contribution < 1.29 is 22.8 Å². The fourth-order valence-corrected chi connectivity index (χ4v) is 5.25. The summed E-state index contributed by atoms with van der Waals surface area (Å²) < 4.78 is 38.8. The van der Waals surface area contributed by atoms with Crippen LogP contribution >= 0.6 is 11.8 Å². The second kappa shape index (κ2) is 11.9. The highest BCUT2D eigenvalue weighted by atomic mass is 32.2. The first kappa shape index (κ1) is 26.8. The van der Waals surface area contributed by atoms with E-state index in [9.17, 15) is 22.8 Å². The molecule has 4 nitrogen and oxygen atoms in total. The largest absolute Gasteiger partial charge is 0.416 e. The minimum absolute atomic E-state index is 0.279. The summed E-state index contributed by atoms with van der Waals surface area (Å²) >= 11 is 1.40. The SMILES string of the molecule is CCSC(=O)CC1CCN(c2ccc(NC(=O)c3ccccc3-c3ccc(C(F)(F)F)cc3)cc2)CC1. The number of thioether (sulfide) groups is 1. The lowest BCUT2D eigenvalue weighted by Gasteiger charge is -2.33. The van der Waals surface area contributed by atoms with Crippen molar-refractivity contribution in [1.82, 2.24) is 0 Å². The van der Waals surface area contributed by atoms with Crippen LogP contribution < -0.4 is 10.2 Å². The molecule has 3 aromatic carbocycles. The van der Waals surface area contributed by atoms with Gasteiger partial charge in [-0.3, -0.25) is 9.59 Å². The van der Waals surface area contributed by atoms with Gasteiger partial charge in [0.25, 0.3) is 5.91 Å². The zero-order valence-corrected chi connectivity index (χ0v) is 21.4. The molecule has 0 atom stereocenters. The van der Waals surface area contributed by atoms with Crippen LogP contribution in [0.3, 0.4) is 0 Å². The Morgan fingerprint density at radius 3 is 2.22 bits per heavy atom. The Bertz CT molecular complexity index is 1220. The highest BCUT2D eigenvalue weighted by Crippen LogP contribution is 2.32. The Hall–Kier alpha value is -3.26.